The van der Waals surface area contributed by atoms with Gasteiger partial charge in [-0.2, -0.15) is 0 Å². The number of carbonyl (C=O) groups is 1. The number of ether oxygens (including phenoxy) is 1. The number of nitrogens with one attached hydrogen (secondary N) is 1. The molecule has 0 radical (unpaired) electrons. The van der Waals surface area contributed by atoms with Crippen LogP contribution in [-0.2, 0) is 9.53 Å². The van der Waals surface area contributed by atoms with Crippen molar-refractivity contribution in [3.63, 3.8) is 0 Å². The van der Waals surface area contributed by atoms with Gasteiger partial charge in [0, 0.05) is 16.1 Å². The molecule has 0 saturated carbocycles. The lowest BCUT2D eigenvalue weighted by atomic mass is 10.1. The first-order valence-corrected chi connectivity index (χ1v) is 6.54. The van der Waals surface area contributed by atoms with Crippen LogP contribution >= 0.6 is 23.2 Å². The fraction of sp³-hybridized carbons (Fsp3) is 0.462. The van der Waals surface area contributed by atoms with E-state index in [1.165, 1.54) is 7.11 Å². The highest BCUT2D eigenvalue weighted by Gasteiger charge is 2.24. The van der Waals surface area contributed by atoms with Crippen molar-refractivity contribution in [3.8, 4) is 0 Å². The predicted molar refractivity (Wildman–Crippen MR) is 74.1 cm³/mol. The Balaban J connectivity index is 3.05. The van der Waals surface area contributed by atoms with Gasteiger partial charge in [-0.25, -0.2) is 4.79 Å². The van der Waals surface area contributed by atoms with Gasteiger partial charge in [-0.05, 0) is 31.0 Å². The van der Waals surface area contributed by atoms with Gasteiger partial charge < -0.3 is 4.74 Å². The van der Waals surface area contributed by atoms with Crippen LogP contribution in [-0.4, -0.2) is 19.1 Å². The van der Waals surface area contributed by atoms with Crippen LogP contribution in [0.1, 0.15) is 31.9 Å². The van der Waals surface area contributed by atoms with Crippen LogP contribution in [0.5, 0.6) is 0 Å². The molecule has 100 valence electrons. The lowest BCUT2D eigenvalue weighted by Crippen LogP contribution is -2.35. The lowest BCUT2D eigenvalue weighted by Gasteiger charge is -2.21. The maximum Gasteiger partial charge on any atom is 0.327 e. The molecule has 0 amide bonds. The number of benzene rings is 1. The van der Waals surface area contributed by atoms with Crippen LogP contribution in [0.4, 0.5) is 0 Å². The fourth-order valence-corrected chi connectivity index (χ4v) is 2.06. The highest BCUT2D eigenvalue weighted by molar-refractivity contribution is 6.35. The van der Waals surface area contributed by atoms with Gasteiger partial charge in [-0.3, -0.25) is 5.32 Å². The number of hydrogen-bond acceptors (Lipinski definition) is 3. The van der Waals surface area contributed by atoms with E-state index in [4.69, 9.17) is 27.9 Å². The summed E-state index contributed by atoms with van der Waals surface area (Å²) < 4.78 is 4.80. The molecule has 0 bridgehead atoms. The summed E-state index contributed by atoms with van der Waals surface area (Å²) in [6, 6.07) is 4.67. The molecule has 3 nitrogen and oxygen atoms in total. The molecule has 0 aromatic heterocycles. The Hall–Kier alpha value is -0.770. The number of methoxy groups -OCH3 is 1. The number of rotatable bonds is 5. The topological polar surface area (TPSA) is 38.3 Å². The van der Waals surface area contributed by atoms with Crippen LogP contribution in [0.2, 0.25) is 10.0 Å². The Morgan fingerprint density at radius 2 is 2.11 bits per heavy atom. The van der Waals surface area contributed by atoms with Crippen LogP contribution in [0, 0.1) is 0 Å². The van der Waals surface area contributed by atoms with Crippen molar-refractivity contribution in [2.75, 3.05) is 7.11 Å². The molecule has 1 rings (SSSR count). The summed E-state index contributed by atoms with van der Waals surface area (Å²) in [4.78, 5) is 11.8. The summed E-state index contributed by atoms with van der Waals surface area (Å²) >= 11 is 12.0. The highest BCUT2D eigenvalue weighted by atomic mass is 35.5. The lowest BCUT2D eigenvalue weighted by molar-refractivity contribution is -0.143. The number of hydrogen-bond donors (Lipinski definition) is 1. The van der Waals surface area contributed by atoms with Crippen molar-refractivity contribution in [1.82, 2.24) is 5.32 Å². The maximum atomic E-state index is 11.8. The first-order valence-electron chi connectivity index (χ1n) is 5.78. The van der Waals surface area contributed by atoms with E-state index in [9.17, 15) is 4.79 Å². The van der Waals surface area contributed by atoms with E-state index in [1.54, 1.807) is 18.2 Å². The van der Waals surface area contributed by atoms with Crippen molar-refractivity contribution >= 4 is 29.2 Å². The SMILES string of the molecule is CCC(C)NC(C(=O)OC)c1ccc(Cl)cc1Cl. The van der Waals surface area contributed by atoms with Crippen LogP contribution in [0.3, 0.4) is 0 Å². The number of halogens is 2. The molecule has 0 heterocycles. The van der Waals surface area contributed by atoms with E-state index >= 15 is 0 Å². The molecule has 1 N–H and O–H groups in total. The average molecular weight is 290 g/mol. The fourth-order valence-electron chi connectivity index (χ4n) is 1.54. The van der Waals surface area contributed by atoms with Gasteiger partial charge in [-0.15, -0.1) is 0 Å². The second kappa shape index (κ2) is 6.98. The Labute approximate surface area is 117 Å². The summed E-state index contributed by atoms with van der Waals surface area (Å²) in [6.07, 6.45) is 0.901. The van der Waals surface area contributed by atoms with Gasteiger partial charge in [0.1, 0.15) is 6.04 Å². The van der Waals surface area contributed by atoms with Crippen molar-refractivity contribution in [1.29, 1.82) is 0 Å². The highest BCUT2D eigenvalue weighted by Crippen LogP contribution is 2.27. The van der Waals surface area contributed by atoms with Crippen molar-refractivity contribution < 1.29 is 9.53 Å². The molecular weight excluding hydrogens is 273 g/mol. The van der Waals surface area contributed by atoms with Gasteiger partial charge in [0.2, 0.25) is 0 Å². The van der Waals surface area contributed by atoms with E-state index in [0.717, 1.165) is 6.42 Å². The van der Waals surface area contributed by atoms with Gasteiger partial charge in [0.25, 0.3) is 0 Å². The predicted octanol–water partition coefficient (Wildman–Crippen LogP) is 3.60. The Kier molecular flexibility index (Phi) is 5.93. The minimum absolute atomic E-state index is 0.181. The van der Waals surface area contributed by atoms with Gasteiger partial charge in [0.05, 0.1) is 7.11 Å². The van der Waals surface area contributed by atoms with Crippen LogP contribution < -0.4 is 5.32 Å². The minimum atomic E-state index is -0.574. The summed E-state index contributed by atoms with van der Waals surface area (Å²) in [6.45, 7) is 4.04. The second-order valence-corrected chi connectivity index (χ2v) is 4.94. The van der Waals surface area contributed by atoms with E-state index in [1.807, 2.05) is 13.8 Å². The van der Waals surface area contributed by atoms with Crippen molar-refractivity contribution in [2.24, 2.45) is 0 Å². The zero-order chi connectivity index (χ0) is 13.7. The molecule has 2 atom stereocenters. The standard InChI is InChI=1S/C13H17Cl2NO2/c1-4-8(2)16-12(13(17)18-3)10-6-5-9(14)7-11(10)15/h5-8,12,16H,4H2,1-3H3. The molecule has 2 unspecified atom stereocenters. The van der Waals surface area contributed by atoms with E-state index < -0.39 is 6.04 Å². The summed E-state index contributed by atoms with van der Waals surface area (Å²) in [5.41, 5.74) is 0.674. The van der Waals surface area contributed by atoms with Gasteiger partial charge >= 0.3 is 5.97 Å². The molecule has 0 spiro atoms. The number of esters is 1. The first kappa shape index (κ1) is 15.3. The summed E-state index contributed by atoms with van der Waals surface area (Å²) in [5.74, 6) is -0.362. The Bertz CT molecular complexity index is 423. The van der Waals surface area contributed by atoms with Crippen LogP contribution in [0.15, 0.2) is 18.2 Å². The van der Waals surface area contributed by atoms with Crippen LogP contribution in [0.25, 0.3) is 0 Å². The first-order chi connectivity index (χ1) is 8.49. The molecule has 1 aromatic rings. The van der Waals surface area contributed by atoms with Gasteiger partial charge in [-0.1, -0.05) is 36.2 Å². The normalized spacial score (nSPS) is 14.1. The monoisotopic (exact) mass is 289 g/mol. The van der Waals surface area contributed by atoms with Crippen molar-refractivity contribution in [3.05, 3.63) is 33.8 Å². The summed E-state index contributed by atoms with van der Waals surface area (Å²) in [5, 5.41) is 4.18. The average Bonchev–Trinajstić information content (AvgIpc) is 2.35. The smallest absolute Gasteiger partial charge is 0.327 e. The van der Waals surface area contributed by atoms with E-state index in [-0.39, 0.29) is 12.0 Å². The molecule has 0 aliphatic carbocycles. The molecule has 1 aromatic carbocycles. The molecular formula is C13H17Cl2NO2. The zero-order valence-corrected chi connectivity index (χ0v) is 12.2. The molecule has 0 aliphatic rings. The number of carbonyl (C=O) groups excluding carboxylic acids is 1. The second-order valence-electron chi connectivity index (χ2n) is 4.10. The van der Waals surface area contributed by atoms with E-state index in [2.05, 4.69) is 5.32 Å². The maximum absolute atomic E-state index is 11.8. The summed E-state index contributed by atoms with van der Waals surface area (Å²) in [7, 11) is 1.36. The Morgan fingerprint density at radius 3 is 2.61 bits per heavy atom. The van der Waals surface area contributed by atoms with Gasteiger partial charge in [0.15, 0.2) is 0 Å². The quantitative estimate of drug-likeness (QED) is 0.842. The molecule has 0 saturated heterocycles. The molecule has 0 aliphatic heterocycles. The van der Waals surface area contributed by atoms with E-state index in [0.29, 0.717) is 15.6 Å². The largest absolute Gasteiger partial charge is 0.468 e. The van der Waals surface area contributed by atoms with Crippen molar-refractivity contribution in [2.45, 2.75) is 32.4 Å². The third-order valence-corrected chi connectivity index (χ3v) is 3.34. The minimum Gasteiger partial charge on any atom is -0.468 e. The zero-order valence-electron chi connectivity index (χ0n) is 10.7. The molecule has 0 fully saturated rings. The third kappa shape index (κ3) is 3.87. The molecule has 18 heavy (non-hydrogen) atoms. The Morgan fingerprint density at radius 1 is 1.44 bits per heavy atom. The third-order valence-electron chi connectivity index (χ3n) is 2.77. The molecule has 5 heteroatoms.